The van der Waals surface area contributed by atoms with Gasteiger partial charge in [-0.1, -0.05) is 6.07 Å². The molecule has 1 aromatic carbocycles. The Balaban J connectivity index is 2.22. The molecule has 0 atom stereocenters. The third-order valence-corrected chi connectivity index (χ3v) is 3.26. The van der Waals surface area contributed by atoms with E-state index in [1.54, 1.807) is 18.1 Å². The number of carbonyl (C=O) groups excluding carboxylic acids is 1. The van der Waals surface area contributed by atoms with Crippen LogP contribution in [0.1, 0.15) is 10.4 Å². The number of hydrogen-bond acceptors (Lipinski definition) is 5. The maximum absolute atomic E-state index is 12.6. The monoisotopic (exact) mass is 279 g/mol. The number of carbonyl (C=O) groups is 1. The first-order valence-corrected chi connectivity index (χ1v) is 6.77. The van der Waals surface area contributed by atoms with Crippen molar-refractivity contribution in [3.63, 3.8) is 0 Å². The van der Waals surface area contributed by atoms with Crippen molar-refractivity contribution >= 4 is 17.3 Å². The van der Waals surface area contributed by atoms with Crippen LogP contribution in [0.5, 0.6) is 0 Å². The van der Waals surface area contributed by atoms with Crippen molar-refractivity contribution in [2.24, 2.45) is 0 Å². The lowest BCUT2D eigenvalue weighted by Gasteiger charge is -2.26. The second-order valence-electron chi connectivity index (χ2n) is 4.59. The third kappa shape index (κ3) is 3.20. The van der Waals surface area contributed by atoms with E-state index in [-0.39, 0.29) is 12.5 Å². The molecular weight excluding hydrogens is 258 g/mol. The molecule has 3 N–H and O–H groups in total. The summed E-state index contributed by atoms with van der Waals surface area (Å²) in [7, 11) is 1.59. The molecule has 1 aromatic rings. The van der Waals surface area contributed by atoms with E-state index in [1.165, 1.54) is 0 Å². The molecule has 6 nitrogen and oxygen atoms in total. The number of aliphatic hydroxyl groups is 1. The van der Waals surface area contributed by atoms with Crippen molar-refractivity contribution in [3.05, 3.63) is 23.8 Å². The van der Waals surface area contributed by atoms with Gasteiger partial charge in [0.2, 0.25) is 0 Å². The van der Waals surface area contributed by atoms with E-state index in [0.29, 0.717) is 25.3 Å². The van der Waals surface area contributed by atoms with Crippen molar-refractivity contribution in [2.45, 2.75) is 0 Å². The SMILES string of the molecule is COCCN(CCO)C(=O)c1cccc2c1NCCN2. The zero-order valence-electron chi connectivity index (χ0n) is 11.7. The first-order valence-electron chi connectivity index (χ1n) is 6.77. The fraction of sp³-hybridized carbons (Fsp3) is 0.500. The molecule has 1 aliphatic rings. The number of anilines is 2. The summed E-state index contributed by atoms with van der Waals surface area (Å²) in [4.78, 5) is 14.2. The molecule has 1 aliphatic heterocycles. The van der Waals surface area contributed by atoms with Gasteiger partial charge in [-0.15, -0.1) is 0 Å². The smallest absolute Gasteiger partial charge is 0.256 e. The van der Waals surface area contributed by atoms with Gasteiger partial charge in [0.15, 0.2) is 0 Å². The summed E-state index contributed by atoms with van der Waals surface area (Å²) < 4.78 is 5.01. The van der Waals surface area contributed by atoms with Gasteiger partial charge in [0, 0.05) is 33.3 Å². The summed E-state index contributed by atoms with van der Waals surface area (Å²) in [6.45, 7) is 2.79. The second kappa shape index (κ2) is 7.12. The molecule has 0 unspecified atom stereocenters. The molecule has 0 spiro atoms. The van der Waals surface area contributed by atoms with Crippen molar-refractivity contribution in [1.29, 1.82) is 0 Å². The number of methoxy groups -OCH3 is 1. The highest BCUT2D eigenvalue weighted by Crippen LogP contribution is 2.29. The molecule has 1 heterocycles. The van der Waals surface area contributed by atoms with Crippen LogP contribution < -0.4 is 10.6 Å². The number of para-hydroxylation sites is 1. The largest absolute Gasteiger partial charge is 0.395 e. The Morgan fingerprint density at radius 2 is 2.15 bits per heavy atom. The van der Waals surface area contributed by atoms with Crippen LogP contribution in [0.25, 0.3) is 0 Å². The van der Waals surface area contributed by atoms with Crippen molar-refractivity contribution in [3.8, 4) is 0 Å². The van der Waals surface area contributed by atoms with Crippen molar-refractivity contribution < 1.29 is 14.6 Å². The average Bonchev–Trinajstić information content (AvgIpc) is 2.50. The van der Waals surface area contributed by atoms with Gasteiger partial charge in [-0.2, -0.15) is 0 Å². The molecule has 0 saturated heterocycles. The first kappa shape index (κ1) is 14.6. The van der Waals surface area contributed by atoms with Gasteiger partial charge in [-0.3, -0.25) is 4.79 Å². The molecule has 0 aliphatic carbocycles. The molecular formula is C14H21N3O3. The molecule has 0 saturated carbocycles. The maximum atomic E-state index is 12.6. The van der Waals surface area contributed by atoms with E-state index >= 15 is 0 Å². The maximum Gasteiger partial charge on any atom is 0.256 e. The van der Waals surface area contributed by atoms with E-state index in [9.17, 15) is 4.79 Å². The molecule has 1 amide bonds. The summed E-state index contributed by atoms with van der Waals surface area (Å²) in [6, 6.07) is 5.61. The van der Waals surface area contributed by atoms with Crippen LogP contribution in [0.3, 0.4) is 0 Å². The van der Waals surface area contributed by atoms with E-state index < -0.39 is 0 Å². The lowest BCUT2D eigenvalue weighted by Crippen LogP contribution is -2.37. The summed E-state index contributed by atoms with van der Waals surface area (Å²) in [5.41, 5.74) is 2.40. The highest BCUT2D eigenvalue weighted by Gasteiger charge is 2.21. The minimum atomic E-state index is -0.0934. The third-order valence-electron chi connectivity index (χ3n) is 3.26. The second-order valence-corrected chi connectivity index (χ2v) is 4.59. The topological polar surface area (TPSA) is 73.8 Å². The van der Waals surface area contributed by atoms with Gasteiger partial charge in [-0.25, -0.2) is 0 Å². The average molecular weight is 279 g/mol. The number of rotatable bonds is 6. The number of benzene rings is 1. The Labute approximate surface area is 118 Å². The van der Waals surface area contributed by atoms with Gasteiger partial charge in [-0.05, 0) is 12.1 Å². The van der Waals surface area contributed by atoms with Crippen LogP contribution in [0.15, 0.2) is 18.2 Å². The Kier molecular flexibility index (Phi) is 5.20. The summed E-state index contributed by atoms with van der Waals surface area (Å²) >= 11 is 0. The Morgan fingerprint density at radius 3 is 2.90 bits per heavy atom. The minimum absolute atomic E-state index is 0.0594. The standard InChI is InChI=1S/C14H21N3O3/c1-20-10-8-17(7-9-18)14(19)11-3-2-4-12-13(11)16-6-5-15-12/h2-4,15-16,18H,5-10H2,1H3. The van der Waals surface area contributed by atoms with Gasteiger partial charge >= 0.3 is 0 Å². The number of amides is 1. The van der Waals surface area contributed by atoms with Crippen LogP contribution in [0, 0.1) is 0 Å². The molecule has 6 heteroatoms. The minimum Gasteiger partial charge on any atom is -0.395 e. The van der Waals surface area contributed by atoms with Crippen LogP contribution >= 0.6 is 0 Å². The van der Waals surface area contributed by atoms with Gasteiger partial charge in [0.1, 0.15) is 0 Å². The molecule has 0 aromatic heterocycles. The quantitative estimate of drug-likeness (QED) is 0.711. The first-order chi connectivity index (χ1) is 9.77. The van der Waals surface area contributed by atoms with Crippen LogP contribution in [0.2, 0.25) is 0 Å². The van der Waals surface area contributed by atoms with Gasteiger partial charge in [0.05, 0.1) is 30.2 Å². The summed E-state index contributed by atoms with van der Waals surface area (Å²) in [5, 5.41) is 15.6. The highest BCUT2D eigenvalue weighted by molar-refractivity contribution is 6.02. The van der Waals surface area contributed by atoms with E-state index in [4.69, 9.17) is 9.84 Å². The lowest BCUT2D eigenvalue weighted by atomic mass is 10.1. The lowest BCUT2D eigenvalue weighted by molar-refractivity contribution is 0.0657. The van der Waals surface area contributed by atoms with Gasteiger partial charge in [0.25, 0.3) is 5.91 Å². The predicted octanol–water partition coefficient (Wildman–Crippen LogP) is 0.605. The van der Waals surface area contributed by atoms with E-state index in [1.807, 2.05) is 12.1 Å². The number of aliphatic hydroxyl groups excluding tert-OH is 1. The normalized spacial score (nSPS) is 13.1. The Bertz CT molecular complexity index is 465. The molecule has 0 bridgehead atoms. The molecule has 0 fully saturated rings. The van der Waals surface area contributed by atoms with Gasteiger partial charge < -0.3 is 25.4 Å². The van der Waals surface area contributed by atoms with Crippen LogP contribution in [-0.4, -0.2) is 62.4 Å². The molecule has 0 radical (unpaired) electrons. The molecule has 110 valence electrons. The molecule has 20 heavy (non-hydrogen) atoms. The van der Waals surface area contributed by atoms with Crippen LogP contribution in [-0.2, 0) is 4.74 Å². The zero-order chi connectivity index (χ0) is 14.4. The fourth-order valence-corrected chi connectivity index (χ4v) is 2.26. The molecule has 2 rings (SSSR count). The highest BCUT2D eigenvalue weighted by atomic mass is 16.5. The number of hydrogen-bond donors (Lipinski definition) is 3. The zero-order valence-corrected chi connectivity index (χ0v) is 11.7. The fourth-order valence-electron chi connectivity index (χ4n) is 2.26. The number of ether oxygens (including phenoxy) is 1. The summed E-state index contributed by atoms with van der Waals surface area (Å²) in [5.74, 6) is -0.0934. The number of nitrogens with zero attached hydrogens (tertiary/aromatic N) is 1. The Hall–Kier alpha value is -1.79. The van der Waals surface area contributed by atoms with Crippen molar-refractivity contribution in [2.75, 3.05) is 57.1 Å². The number of fused-ring (bicyclic) bond motifs is 1. The predicted molar refractivity (Wildman–Crippen MR) is 78.3 cm³/mol. The summed E-state index contributed by atoms with van der Waals surface area (Å²) in [6.07, 6.45) is 0. The van der Waals surface area contributed by atoms with Crippen LogP contribution in [0.4, 0.5) is 11.4 Å². The number of nitrogens with one attached hydrogen (secondary N) is 2. The van der Waals surface area contributed by atoms with Crippen molar-refractivity contribution in [1.82, 2.24) is 4.90 Å². The Morgan fingerprint density at radius 1 is 1.35 bits per heavy atom. The van der Waals surface area contributed by atoms with E-state index in [2.05, 4.69) is 10.6 Å². The van der Waals surface area contributed by atoms with E-state index in [0.717, 1.165) is 24.5 Å².